The van der Waals surface area contributed by atoms with Gasteiger partial charge in [0.05, 0.1) is 10.6 Å². The summed E-state index contributed by atoms with van der Waals surface area (Å²) in [7, 11) is -4.06. The molecule has 0 aromatic heterocycles. The van der Waals surface area contributed by atoms with E-state index in [9.17, 15) is 26.0 Å². The fourth-order valence-corrected chi connectivity index (χ4v) is 5.79. The minimum atomic E-state index is -4.06. The molecular weight excluding hydrogens is 456 g/mol. The maximum absolute atomic E-state index is 14.0. The van der Waals surface area contributed by atoms with E-state index in [1.807, 2.05) is 4.90 Å². The van der Waals surface area contributed by atoms with Gasteiger partial charge in [0, 0.05) is 31.2 Å². The number of hydrogen-bond acceptors (Lipinski definition) is 3. The van der Waals surface area contributed by atoms with Crippen molar-refractivity contribution in [3.8, 4) is 0 Å². The first-order valence-corrected chi connectivity index (χ1v) is 11.9. The highest BCUT2D eigenvalue weighted by molar-refractivity contribution is 7.92. The summed E-state index contributed by atoms with van der Waals surface area (Å²) in [6.45, 7) is 1.12. The Hall–Kier alpha value is -2.91. The average Bonchev–Trinajstić information content (AvgIpc) is 2.80. The molecule has 4 rings (SSSR count). The Bertz CT molecular complexity index is 1210. The lowest BCUT2D eigenvalue weighted by molar-refractivity contribution is 0.203. The van der Waals surface area contributed by atoms with Gasteiger partial charge >= 0.3 is 0 Å². The number of hydrogen-bond donors (Lipinski definition) is 0. The predicted molar refractivity (Wildman–Crippen MR) is 117 cm³/mol. The van der Waals surface area contributed by atoms with Gasteiger partial charge in [0.1, 0.15) is 11.6 Å². The van der Waals surface area contributed by atoms with Gasteiger partial charge < -0.3 is 0 Å². The van der Waals surface area contributed by atoms with Crippen molar-refractivity contribution in [1.29, 1.82) is 0 Å². The minimum absolute atomic E-state index is 0.0718. The van der Waals surface area contributed by atoms with Crippen molar-refractivity contribution < 1.29 is 26.0 Å². The molecule has 0 amide bonds. The Labute approximate surface area is 190 Å². The molecule has 0 unspecified atom stereocenters. The van der Waals surface area contributed by atoms with Crippen LogP contribution in [0.4, 0.5) is 23.2 Å². The summed E-state index contributed by atoms with van der Waals surface area (Å²) in [4.78, 5) is 1.86. The molecule has 1 aliphatic rings. The SMILES string of the molecule is O=S(=O)(c1ccc(F)cc1)N(c1ccc(F)cc1)C1CCN(Cc2cccc(F)c2F)CC1. The molecule has 9 heteroatoms. The van der Waals surface area contributed by atoms with Crippen LogP contribution in [0.1, 0.15) is 18.4 Å². The lowest BCUT2D eigenvalue weighted by Crippen LogP contribution is -2.47. The molecule has 0 aliphatic carbocycles. The van der Waals surface area contributed by atoms with Crippen LogP contribution < -0.4 is 4.31 Å². The maximum atomic E-state index is 14.0. The van der Waals surface area contributed by atoms with Crippen molar-refractivity contribution in [3.05, 3.63) is 95.6 Å². The third-order valence-corrected chi connectivity index (χ3v) is 7.66. The Morgan fingerprint density at radius 2 is 1.39 bits per heavy atom. The van der Waals surface area contributed by atoms with E-state index >= 15 is 0 Å². The number of benzene rings is 3. The van der Waals surface area contributed by atoms with Crippen LogP contribution in [0.25, 0.3) is 0 Å². The van der Waals surface area contributed by atoms with Gasteiger partial charge in [-0.15, -0.1) is 0 Å². The molecule has 1 fully saturated rings. The normalized spacial score (nSPS) is 15.5. The van der Waals surface area contributed by atoms with Gasteiger partial charge in [-0.25, -0.2) is 26.0 Å². The molecule has 0 N–H and O–H groups in total. The quantitative estimate of drug-likeness (QED) is 0.463. The first-order chi connectivity index (χ1) is 15.8. The third-order valence-electron chi connectivity index (χ3n) is 5.77. The number of piperidine rings is 1. The highest BCUT2D eigenvalue weighted by atomic mass is 32.2. The Morgan fingerprint density at radius 3 is 2.00 bits per heavy atom. The fourth-order valence-electron chi connectivity index (χ4n) is 4.08. The van der Waals surface area contributed by atoms with E-state index in [0.29, 0.717) is 31.6 Å². The standard InChI is InChI=1S/C24H22F4N2O2S/c25-18-4-8-20(9-5-18)30(33(31,32)22-10-6-19(26)7-11-22)21-12-14-29(15-13-21)16-17-2-1-3-23(27)24(17)28/h1-11,21H,12-16H2. The van der Waals surface area contributed by atoms with E-state index in [2.05, 4.69) is 0 Å². The molecule has 4 nitrogen and oxygen atoms in total. The van der Waals surface area contributed by atoms with Crippen LogP contribution in [0.15, 0.2) is 71.6 Å². The van der Waals surface area contributed by atoms with Crippen LogP contribution in [0.5, 0.6) is 0 Å². The van der Waals surface area contributed by atoms with Crippen molar-refractivity contribution in [2.24, 2.45) is 0 Å². The molecule has 1 saturated heterocycles. The average molecular weight is 479 g/mol. The highest BCUT2D eigenvalue weighted by Crippen LogP contribution is 2.31. The fraction of sp³-hybridized carbons (Fsp3) is 0.250. The minimum Gasteiger partial charge on any atom is -0.299 e. The third kappa shape index (κ3) is 5.04. The number of likely N-dealkylation sites (tertiary alicyclic amines) is 1. The summed E-state index contributed by atoms with van der Waals surface area (Å²) >= 11 is 0. The van der Waals surface area contributed by atoms with Crippen molar-refractivity contribution in [2.45, 2.75) is 30.3 Å². The van der Waals surface area contributed by atoms with Crippen molar-refractivity contribution >= 4 is 15.7 Å². The van der Waals surface area contributed by atoms with Gasteiger partial charge in [0.2, 0.25) is 0 Å². The second kappa shape index (κ2) is 9.52. The van der Waals surface area contributed by atoms with Crippen LogP contribution in [0, 0.1) is 23.3 Å². The van der Waals surface area contributed by atoms with Crippen LogP contribution in [-0.4, -0.2) is 32.4 Å². The second-order valence-corrected chi connectivity index (χ2v) is 9.77. The monoisotopic (exact) mass is 478 g/mol. The lowest BCUT2D eigenvalue weighted by Gasteiger charge is -2.39. The highest BCUT2D eigenvalue weighted by Gasteiger charge is 2.34. The lowest BCUT2D eigenvalue weighted by atomic mass is 10.0. The number of rotatable bonds is 6. The molecule has 3 aromatic rings. The summed E-state index contributed by atoms with van der Waals surface area (Å²) in [5.41, 5.74) is 0.540. The molecule has 0 radical (unpaired) electrons. The Morgan fingerprint density at radius 1 is 0.818 bits per heavy atom. The zero-order valence-corrected chi connectivity index (χ0v) is 18.4. The van der Waals surface area contributed by atoms with E-state index in [0.717, 1.165) is 18.2 Å². The van der Waals surface area contributed by atoms with Crippen LogP contribution in [0.2, 0.25) is 0 Å². The number of nitrogens with zero attached hydrogens (tertiary/aromatic N) is 2. The van der Waals surface area contributed by atoms with Crippen molar-refractivity contribution in [1.82, 2.24) is 4.90 Å². The zero-order chi connectivity index (χ0) is 23.6. The van der Waals surface area contributed by atoms with Gasteiger partial charge in [-0.1, -0.05) is 12.1 Å². The smallest absolute Gasteiger partial charge is 0.264 e. The van der Waals surface area contributed by atoms with Gasteiger partial charge in [-0.3, -0.25) is 9.21 Å². The molecule has 33 heavy (non-hydrogen) atoms. The van der Waals surface area contributed by atoms with E-state index in [1.54, 1.807) is 0 Å². The summed E-state index contributed by atoms with van der Waals surface area (Å²) in [6.07, 6.45) is 0.851. The molecule has 1 heterocycles. The van der Waals surface area contributed by atoms with E-state index in [-0.39, 0.29) is 17.0 Å². The summed E-state index contributed by atoms with van der Waals surface area (Å²) < 4.78 is 82.7. The van der Waals surface area contributed by atoms with Gasteiger partial charge in [-0.2, -0.15) is 0 Å². The Kier molecular flexibility index (Phi) is 6.71. The second-order valence-electron chi connectivity index (χ2n) is 7.95. The van der Waals surface area contributed by atoms with Gasteiger partial charge in [0.15, 0.2) is 11.6 Å². The van der Waals surface area contributed by atoms with Crippen LogP contribution in [-0.2, 0) is 16.6 Å². The molecule has 0 saturated carbocycles. The molecule has 174 valence electrons. The molecule has 0 spiro atoms. The maximum Gasteiger partial charge on any atom is 0.264 e. The first-order valence-electron chi connectivity index (χ1n) is 10.5. The molecule has 3 aromatic carbocycles. The van der Waals surface area contributed by atoms with E-state index in [4.69, 9.17) is 0 Å². The molecule has 0 atom stereocenters. The van der Waals surface area contributed by atoms with Crippen molar-refractivity contribution in [2.75, 3.05) is 17.4 Å². The predicted octanol–water partition coefficient (Wildman–Crippen LogP) is 5.10. The number of anilines is 1. The van der Waals surface area contributed by atoms with Crippen LogP contribution >= 0.6 is 0 Å². The van der Waals surface area contributed by atoms with E-state index < -0.39 is 39.3 Å². The van der Waals surface area contributed by atoms with Crippen molar-refractivity contribution in [3.63, 3.8) is 0 Å². The molecule has 0 bridgehead atoms. The Balaban J connectivity index is 1.58. The molecule has 1 aliphatic heterocycles. The number of sulfonamides is 1. The summed E-state index contributed by atoms with van der Waals surface area (Å²) in [6, 6.07) is 13.3. The largest absolute Gasteiger partial charge is 0.299 e. The van der Waals surface area contributed by atoms with Crippen LogP contribution in [0.3, 0.4) is 0 Å². The number of halogens is 4. The first kappa shape index (κ1) is 23.3. The van der Waals surface area contributed by atoms with Gasteiger partial charge in [-0.05, 0) is 67.4 Å². The van der Waals surface area contributed by atoms with Gasteiger partial charge in [0.25, 0.3) is 10.0 Å². The van der Waals surface area contributed by atoms with E-state index in [1.165, 1.54) is 52.8 Å². The summed E-state index contributed by atoms with van der Waals surface area (Å²) in [5, 5.41) is 0. The zero-order valence-electron chi connectivity index (χ0n) is 17.6. The topological polar surface area (TPSA) is 40.6 Å². The summed E-state index contributed by atoms with van der Waals surface area (Å²) in [5.74, 6) is -2.84. The molecular formula is C24H22F4N2O2S.